The second-order valence-electron chi connectivity index (χ2n) is 9.31. The summed E-state index contributed by atoms with van der Waals surface area (Å²) in [6.45, 7) is 2.56. The summed E-state index contributed by atoms with van der Waals surface area (Å²) in [6, 6.07) is 2.20. The number of halogens is 1. The monoisotopic (exact) mass is 464 g/mol. The van der Waals surface area contributed by atoms with Gasteiger partial charge in [-0.05, 0) is 44.7 Å². The zero-order valence-electron chi connectivity index (χ0n) is 18.4. The number of phenolic OH excluding ortho intramolecular Hbond substituents is 1. The number of hydrogen-bond donors (Lipinski definition) is 3. The second-order valence-corrected chi connectivity index (χ2v) is 11.9. The molecular formula is C19H28B3ClN2O5S. The van der Waals surface area contributed by atoms with Gasteiger partial charge in [0, 0.05) is 13.2 Å². The highest BCUT2D eigenvalue weighted by atomic mass is 35.5. The molecule has 166 valence electrons. The number of amides is 2. The van der Waals surface area contributed by atoms with Gasteiger partial charge >= 0.3 is 6.03 Å². The number of carbonyl (C=O) groups excluding carboxylic acids is 1. The van der Waals surface area contributed by atoms with Crippen molar-refractivity contribution in [2.45, 2.75) is 53.4 Å². The predicted molar refractivity (Wildman–Crippen MR) is 130 cm³/mol. The number of urea groups is 1. The first-order valence-corrected chi connectivity index (χ1v) is 12.3. The fraction of sp³-hybridized carbons (Fsp3) is 0.526. The topological polar surface area (TPSA) is 105 Å². The summed E-state index contributed by atoms with van der Waals surface area (Å²) in [5.41, 5.74) is 1.07. The summed E-state index contributed by atoms with van der Waals surface area (Å²) in [6.07, 6.45) is 4.35. The first kappa shape index (κ1) is 24.1. The highest BCUT2D eigenvalue weighted by Gasteiger charge is 2.54. The molecule has 0 bridgehead atoms. The van der Waals surface area contributed by atoms with Crippen LogP contribution in [0.4, 0.5) is 10.5 Å². The van der Waals surface area contributed by atoms with Gasteiger partial charge in [-0.2, -0.15) is 0 Å². The van der Waals surface area contributed by atoms with Gasteiger partial charge < -0.3 is 20.5 Å². The van der Waals surface area contributed by atoms with Crippen molar-refractivity contribution in [2.75, 3.05) is 18.5 Å². The highest BCUT2D eigenvalue weighted by Crippen LogP contribution is 2.51. The molecule has 12 heteroatoms. The molecule has 1 fully saturated rings. The van der Waals surface area contributed by atoms with Crippen LogP contribution in [0.1, 0.15) is 32.6 Å². The van der Waals surface area contributed by atoms with Gasteiger partial charge in [-0.1, -0.05) is 28.4 Å². The van der Waals surface area contributed by atoms with Crippen LogP contribution in [-0.4, -0.2) is 67.1 Å². The Morgan fingerprint density at radius 3 is 2.48 bits per heavy atom. The third-order valence-electron chi connectivity index (χ3n) is 6.56. The quantitative estimate of drug-likeness (QED) is 0.336. The number of aromatic hydroxyl groups is 1. The normalized spacial score (nSPS) is 21.4. The van der Waals surface area contributed by atoms with Crippen LogP contribution in [0.5, 0.6) is 5.75 Å². The number of nitrogens with one attached hydrogen (secondary N) is 2. The smallest absolute Gasteiger partial charge is 0.319 e. The molecule has 1 aromatic carbocycles. The van der Waals surface area contributed by atoms with Gasteiger partial charge in [0.05, 0.1) is 45.0 Å². The van der Waals surface area contributed by atoms with Gasteiger partial charge in [-0.15, -0.1) is 0 Å². The summed E-state index contributed by atoms with van der Waals surface area (Å²) in [5.74, 6) is -0.545. The maximum atomic E-state index is 13.9. The minimum atomic E-state index is -4.07. The van der Waals surface area contributed by atoms with Crippen LogP contribution in [0, 0.1) is 0 Å². The van der Waals surface area contributed by atoms with Gasteiger partial charge in [-0.3, -0.25) is 0 Å². The zero-order valence-corrected chi connectivity index (χ0v) is 20.0. The first-order chi connectivity index (χ1) is 14.4. The van der Waals surface area contributed by atoms with Crippen LogP contribution in [-0.2, 0) is 14.6 Å². The fourth-order valence-corrected chi connectivity index (χ4v) is 7.62. The number of allylic oxidation sites excluding steroid dienone is 1. The maximum absolute atomic E-state index is 13.9. The lowest BCUT2D eigenvalue weighted by molar-refractivity contribution is 0.0747. The molecule has 0 radical (unpaired) electrons. The van der Waals surface area contributed by atoms with Crippen molar-refractivity contribution in [2.24, 2.45) is 0 Å². The van der Waals surface area contributed by atoms with E-state index in [2.05, 4.69) is 16.7 Å². The standard InChI is InChI=1S/C19H28B3ClN2O5S/c1-11-3-2-4-13(11)24-17(27)25-14-6-5-12(23)16(15(14)26)31(28,29)18(19(20,21)22)7-9-30-10-8-18/h3,5-6,13,26H,2,4,7-10,20-22H2,1H3,(H2,24,25,27)/t13-/m1/s1. The van der Waals surface area contributed by atoms with Crippen LogP contribution in [0.25, 0.3) is 0 Å². The molecule has 1 heterocycles. The van der Waals surface area contributed by atoms with Gasteiger partial charge in [0.25, 0.3) is 0 Å². The molecule has 1 atom stereocenters. The van der Waals surface area contributed by atoms with Crippen molar-refractivity contribution in [3.63, 3.8) is 0 Å². The van der Waals surface area contributed by atoms with E-state index >= 15 is 0 Å². The molecule has 0 spiro atoms. The number of rotatable bonds is 5. The number of benzene rings is 1. The average molecular weight is 464 g/mol. The van der Waals surface area contributed by atoms with E-state index in [9.17, 15) is 18.3 Å². The third-order valence-corrected chi connectivity index (χ3v) is 9.99. The molecule has 1 aromatic rings. The molecule has 1 saturated heterocycles. The summed E-state index contributed by atoms with van der Waals surface area (Å²) in [5, 5.41) is 15.6. The molecule has 2 aliphatic rings. The van der Waals surface area contributed by atoms with Crippen molar-refractivity contribution >= 4 is 56.7 Å². The van der Waals surface area contributed by atoms with Crippen LogP contribution in [0.2, 0.25) is 10.1 Å². The van der Waals surface area contributed by atoms with Crippen LogP contribution in [0.3, 0.4) is 0 Å². The SMILES string of the molecule is BC(B)(B)C1(S(=O)(=O)c2c(Cl)ccc(NC(=O)N[C@@H]3CCC=C3C)c2O)CCOCC1. The Kier molecular flexibility index (Phi) is 6.80. The number of anilines is 1. The maximum Gasteiger partial charge on any atom is 0.319 e. The molecule has 3 N–H and O–H groups in total. The summed E-state index contributed by atoms with van der Waals surface area (Å²) in [4.78, 5) is 12.1. The fourth-order valence-electron chi connectivity index (χ4n) is 4.57. The van der Waals surface area contributed by atoms with Crippen LogP contribution in [0.15, 0.2) is 28.7 Å². The van der Waals surface area contributed by atoms with E-state index in [0.29, 0.717) is 26.1 Å². The van der Waals surface area contributed by atoms with Crippen LogP contribution < -0.4 is 10.6 Å². The molecule has 1 aliphatic carbocycles. The molecule has 0 aromatic heterocycles. The number of sulfone groups is 1. The molecule has 7 nitrogen and oxygen atoms in total. The van der Waals surface area contributed by atoms with E-state index < -0.39 is 31.5 Å². The molecule has 31 heavy (non-hydrogen) atoms. The molecule has 2 amide bonds. The lowest BCUT2D eigenvalue weighted by Gasteiger charge is -2.47. The van der Waals surface area contributed by atoms with E-state index in [1.807, 2.05) is 30.5 Å². The van der Waals surface area contributed by atoms with Crippen molar-refractivity contribution < 1.29 is 23.1 Å². The minimum absolute atomic E-state index is 0.00350. The molecule has 0 saturated carbocycles. The van der Waals surface area contributed by atoms with E-state index in [-0.39, 0.29) is 21.6 Å². The predicted octanol–water partition coefficient (Wildman–Crippen LogP) is 0.572. The summed E-state index contributed by atoms with van der Waals surface area (Å²) >= 11 is 6.30. The van der Waals surface area contributed by atoms with Crippen molar-refractivity contribution in [1.29, 1.82) is 0 Å². The first-order valence-electron chi connectivity index (χ1n) is 10.5. The number of phenols is 1. The third kappa shape index (κ3) is 4.37. The zero-order chi connectivity index (χ0) is 23.0. The average Bonchev–Trinajstić information content (AvgIpc) is 3.08. The molecule has 3 rings (SSSR count). The van der Waals surface area contributed by atoms with Gasteiger partial charge in [0.1, 0.15) is 4.90 Å². The highest BCUT2D eigenvalue weighted by molar-refractivity contribution is 7.93. The Morgan fingerprint density at radius 2 is 1.94 bits per heavy atom. The Balaban J connectivity index is 1.98. The van der Waals surface area contributed by atoms with Gasteiger partial charge in [-0.25, -0.2) is 13.2 Å². The molecule has 0 unspecified atom stereocenters. The van der Waals surface area contributed by atoms with Crippen LogP contribution >= 0.6 is 11.6 Å². The molecular weight excluding hydrogens is 436 g/mol. The van der Waals surface area contributed by atoms with Gasteiger partial charge in [0.2, 0.25) is 0 Å². The minimum Gasteiger partial charge on any atom is -0.504 e. The Labute approximate surface area is 191 Å². The molecule has 1 aliphatic heterocycles. The second kappa shape index (κ2) is 8.75. The Bertz CT molecular complexity index is 1000. The number of hydrogen-bond acceptors (Lipinski definition) is 5. The summed E-state index contributed by atoms with van der Waals surface area (Å²) in [7, 11) is 1.53. The van der Waals surface area contributed by atoms with E-state index in [0.717, 1.165) is 18.4 Å². The van der Waals surface area contributed by atoms with E-state index in [1.54, 1.807) is 0 Å². The van der Waals surface area contributed by atoms with Crippen molar-refractivity contribution in [3.8, 4) is 5.75 Å². The van der Waals surface area contributed by atoms with Crippen molar-refractivity contribution in [3.05, 3.63) is 28.8 Å². The number of carbonyl (C=O) groups is 1. The van der Waals surface area contributed by atoms with E-state index in [1.165, 1.54) is 12.1 Å². The Hall–Kier alpha value is -1.58. The Morgan fingerprint density at radius 1 is 1.29 bits per heavy atom. The van der Waals surface area contributed by atoms with Crippen molar-refractivity contribution in [1.82, 2.24) is 5.32 Å². The summed E-state index contributed by atoms with van der Waals surface area (Å²) < 4.78 is 32.1. The largest absolute Gasteiger partial charge is 0.504 e. The lowest BCUT2D eigenvalue weighted by atomic mass is 9.36. The lowest BCUT2D eigenvalue weighted by Crippen LogP contribution is -2.54. The van der Waals surface area contributed by atoms with Gasteiger partial charge in [0.15, 0.2) is 15.6 Å². The number of ether oxygens (including phenoxy) is 1. The van der Waals surface area contributed by atoms with E-state index in [4.69, 9.17) is 16.3 Å².